The number of Topliss-reactive ketones (excluding diaryl/α,β-unsaturated/α-hetero) is 1. The molecule has 35 heavy (non-hydrogen) atoms. The number of urea groups is 1. The van der Waals surface area contributed by atoms with Crippen molar-refractivity contribution in [2.45, 2.75) is 25.8 Å². The number of ether oxygens (including phenoxy) is 2. The topological polar surface area (TPSA) is 126 Å². The molecule has 1 aliphatic rings. The number of hydrogen-bond acceptors (Lipinski definition) is 6. The maximum Gasteiger partial charge on any atom is 0.317 e. The third-order valence-corrected chi connectivity index (χ3v) is 5.51. The highest BCUT2D eigenvalue weighted by Crippen LogP contribution is 2.18. The van der Waals surface area contributed by atoms with Gasteiger partial charge in [-0.15, -0.1) is 0 Å². The predicted octanol–water partition coefficient (Wildman–Crippen LogP) is 1.69. The Morgan fingerprint density at radius 1 is 1.06 bits per heavy atom. The number of unbranched alkanes of at least 4 members (excludes halogenated alkanes) is 1. The zero-order valence-electron chi connectivity index (χ0n) is 19.9. The van der Waals surface area contributed by atoms with Gasteiger partial charge in [0.2, 0.25) is 11.7 Å². The Kier molecular flexibility index (Phi) is 10.00. The van der Waals surface area contributed by atoms with Gasteiger partial charge in [-0.25, -0.2) is 4.79 Å². The number of hydrogen-bond donors (Lipinski definition) is 3. The molecule has 0 saturated carbocycles. The number of morpholine rings is 1. The fourth-order valence-electron chi connectivity index (χ4n) is 3.53. The molecular formula is C25H32N4O6. The van der Waals surface area contributed by atoms with Crippen molar-refractivity contribution >= 4 is 40.1 Å². The largest absolute Gasteiger partial charge is 0.379 e. The molecule has 4 amide bonds. The molecule has 0 spiro atoms. The van der Waals surface area contributed by atoms with Gasteiger partial charge in [0, 0.05) is 25.4 Å². The van der Waals surface area contributed by atoms with Crippen LogP contribution in [0, 0.1) is 0 Å². The van der Waals surface area contributed by atoms with E-state index in [2.05, 4.69) is 16.0 Å². The third kappa shape index (κ3) is 8.04. The highest BCUT2D eigenvalue weighted by Gasteiger charge is 2.28. The Morgan fingerprint density at radius 3 is 2.54 bits per heavy atom. The minimum atomic E-state index is -1.18. The van der Waals surface area contributed by atoms with Crippen LogP contribution in [-0.4, -0.2) is 80.6 Å². The molecule has 0 unspecified atom stereocenters. The number of fused-ring (bicyclic) bond motifs is 1. The third-order valence-electron chi connectivity index (χ3n) is 5.51. The van der Waals surface area contributed by atoms with E-state index >= 15 is 0 Å². The molecule has 10 heteroatoms. The Bertz CT molecular complexity index is 1040. The molecule has 10 nitrogen and oxygen atoms in total. The second kappa shape index (κ2) is 13.4. The van der Waals surface area contributed by atoms with E-state index in [0.29, 0.717) is 38.6 Å². The van der Waals surface area contributed by atoms with Crippen molar-refractivity contribution < 1.29 is 28.7 Å². The standard InChI is InChI=1S/C25H32N4O6/c1-2-3-12-35-17-21(28-22(30)16-26-25(33)29-10-13-34-14-11-29)23(31)24(32)27-20-9-8-18-6-4-5-7-19(18)15-20/h4-9,15,21H,2-3,10-14,16-17H2,1H3,(H,26,33)(H,27,32)(H,28,30)/t21-/m1/s1. The summed E-state index contributed by atoms with van der Waals surface area (Å²) in [6, 6.07) is 11.4. The van der Waals surface area contributed by atoms with Crippen LogP contribution < -0.4 is 16.0 Å². The zero-order chi connectivity index (χ0) is 25.0. The van der Waals surface area contributed by atoms with E-state index in [4.69, 9.17) is 9.47 Å². The Hall–Kier alpha value is -3.50. The second-order valence-corrected chi connectivity index (χ2v) is 8.19. The van der Waals surface area contributed by atoms with Crippen molar-refractivity contribution in [2.24, 2.45) is 0 Å². The van der Waals surface area contributed by atoms with Gasteiger partial charge >= 0.3 is 6.03 Å². The van der Waals surface area contributed by atoms with E-state index in [0.717, 1.165) is 23.6 Å². The molecule has 1 saturated heterocycles. The number of carbonyl (C=O) groups is 4. The molecule has 3 N–H and O–H groups in total. The molecule has 2 aromatic rings. The quantitative estimate of drug-likeness (QED) is 0.329. The van der Waals surface area contributed by atoms with Crippen LogP contribution in [0.1, 0.15) is 19.8 Å². The van der Waals surface area contributed by atoms with E-state index in [9.17, 15) is 19.2 Å². The van der Waals surface area contributed by atoms with Gasteiger partial charge in [-0.1, -0.05) is 43.7 Å². The maximum absolute atomic E-state index is 12.9. The fourth-order valence-corrected chi connectivity index (χ4v) is 3.53. The van der Waals surface area contributed by atoms with Crippen LogP contribution in [-0.2, 0) is 23.9 Å². The van der Waals surface area contributed by atoms with Crippen LogP contribution >= 0.6 is 0 Å². The van der Waals surface area contributed by atoms with Crippen LogP contribution in [0.2, 0.25) is 0 Å². The number of nitrogens with one attached hydrogen (secondary N) is 3. The van der Waals surface area contributed by atoms with Crippen LogP contribution in [0.25, 0.3) is 10.8 Å². The summed E-state index contributed by atoms with van der Waals surface area (Å²) < 4.78 is 10.7. The highest BCUT2D eigenvalue weighted by molar-refractivity contribution is 6.42. The Morgan fingerprint density at radius 2 is 1.80 bits per heavy atom. The van der Waals surface area contributed by atoms with Gasteiger partial charge in [0.1, 0.15) is 6.04 Å². The van der Waals surface area contributed by atoms with E-state index < -0.39 is 23.6 Å². The number of benzene rings is 2. The van der Waals surface area contributed by atoms with Crippen LogP contribution in [0.4, 0.5) is 10.5 Å². The first-order chi connectivity index (χ1) is 17.0. The first-order valence-corrected chi connectivity index (χ1v) is 11.8. The van der Waals surface area contributed by atoms with E-state index in [1.807, 2.05) is 37.3 Å². The summed E-state index contributed by atoms with van der Waals surface area (Å²) in [4.78, 5) is 51.7. The van der Waals surface area contributed by atoms with Crippen molar-refractivity contribution in [2.75, 3.05) is 51.4 Å². The average molecular weight is 485 g/mol. The van der Waals surface area contributed by atoms with E-state index in [1.165, 1.54) is 0 Å². The highest BCUT2D eigenvalue weighted by atomic mass is 16.5. The smallest absolute Gasteiger partial charge is 0.317 e. The number of rotatable bonds is 11. The summed E-state index contributed by atoms with van der Waals surface area (Å²) in [5, 5.41) is 9.56. The summed E-state index contributed by atoms with van der Waals surface area (Å²) in [5.74, 6) is -2.29. The summed E-state index contributed by atoms with van der Waals surface area (Å²) in [6.45, 7) is 3.69. The molecule has 188 valence electrons. The number of ketones is 1. The first kappa shape index (κ1) is 26.1. The number of amides is 4. The second-order valence-electron chi connectivity index (χ2n) is 8.19. The molecule has 1 aliphatic heterocycles. The molecule has 0 aromatic heterocycles. The predicted molar refractivity (Wildman–Crippen MR) is 131 cm³/mol. The van der Waals surface area contributed by atoms with Gasteiger partial charge < -0.3 is 30.3 Å². The summed E-state index contributed by atoms with van der Waals surface area (Å²) >= 11 is 0. The molecular weight excluding hydrogens is 452 g/mol. The van der Waals surface area contributed by atoms with Gasteiger partial charge in [0.15, 0.2) is 0 Å². The minimum absolute atomic E-state index is 0.146. The lowest BCUT2D eigenvalue weighted by atomic mass is 10.1. The van der Waals surface area contributed by atoms with Crippen molar-refractivity contribution in [3.63, 3.8) is 0 Å². The number of anilines is 1. The molecule has 0 aliphatic carbocycles. The van der Waals surface area contributed by atoms with Crippen molar-refractivity contribution in [1.29, 1.82) is 0 Å². The Balaban J connectivity index is 1.58. The minimum Gasteiger partial charge on any atom is -0.379 e. The molecule has 1 heterocycles. The Labute approximate surface area is 204 Å². The van der Waals surface area contributed by atoms with Crippen molar-refractivity contribution in [3.05, 3.63) is 42.5 Å². The monoisotopic (exact) mass is 484 g/mol. The number of nitrogens with zero attached hydrogens (tertiary/aromatic N) is 1. The van der Waals surface area contributed by atoms with E-state index in [1.54, 1.807) is 17.0 Å². The average Bonchev–Trinajstić information content (AvgIpc) is 2.89. The summed E-state index contributed by atoms with van der Waals surface area (Å²) in [5.41, 5.74) is 0.469. The summed E-state index contributed by atoms with van der Waals surface area (Å²) in [6.07, 6.45) is 1.69. The zero-order valence-corrected chi connectivity index (χ0v) is 19.9. The van der Waals surface area contributed by atoms with Crippen LogP contribution in [0.5, 0.6) is 0 Å². The lowest BCUT2D eigenvalue weighted by Crippen LogP contribution is -2.52. The van der Waals surface area contributed by atoms with Gasteiger partial charge in [0.25, 0.3) is 5.91 Å². The van der Waals surface area contributed by atoms with Crippen LogP contribution in [0.15, 0.2) is 42.5 Å². The number of carbonyl (C=O) groups excluding carboxylic acids is 4. The molecule has 2 aromatic carbocycles. The van der Waals surface area contributed by atoms with Gasteiger partial charge in [-0.3, -0.25) is 14.4 Å². The molecule has 3 rings (SSSR count). The van der Waals surface area contributed by atoms with Gasteiger partial charge in [-0.2, -0.15) is 0 Å². The molecule has 1 atom stereocenters. The van der Waals surface area contributed by atoms with Crippen LogP contribution in [0.3, 0.4) is 0 Å². The SMILES string of the molecule is CCCCOC[C@@H](NC(=O)CNC(=O)N1CCOCC1)C(=O)C(=O)Nc1ccc2ccccc2c1. The summed E-state index contributed by atoms with van der Waals surface area (Å²) in [7, 11) is 0. The van der Waals surface area contributed by atoms with E-state index in [-0.39, 0.29) is 19.2 Å². The van der Waals surface area contributed by atoms with Crippen molar-refractivity contribution in [1.82, 2.24) is 15.5 Å². The molecule has 1 fully saturated rings. The lowest BCUT2D eigenvalue weighted by molar-refractivity contribution is -0.138. The molecule has 0 bridgehead atoms. The maximum atomic E-state index is 12.9. The van der Waals surface area contributed by atoms with Gasteiger partial charge in [0.05, 0.1) is 26.4 Å². The first-order valence-electron chi connectivity index (χ1n) is 11.8. The fraction of sp³-hybridized carbons (Fsp3) is 0.440. The molecule has 0 radical (unpaired) electrons. The van der Waals surface area contributed by atoms with Gasteiger partial charge in [-0.05, 0) is 29.3 Å². The normalized spacial score (nSPS) is 14.3. The van der Waals surface area contributed by atoms with Crippen molar-refractivity contribution in [3.8, 4) is 0 Å². The lowest BCUT2D eigenvalue weighted by Gasteiger charge is -2.27.